The molecule has 2 aliphatic heterocycles. The summed E-state index contributed by atoms with van der Waals surface area (Å²) in [7, 11) is 0. The first kappa shape index (κ1) is 16.3. The normalized spacial score (nSPS) is 20.9. The van der Waals surface area contributed by atoms with E-state index in [0.717, 1.165) is 53.8 Å². The van der Waals surface area contributed by atoms with Gasteiger partial charge in [0.2, 0.25) is 0 Å². The number of aromatic amines is 1. The van der Waals surface area contributed by atoms with Crippen molar-refractivity contribution >= 4 is 16.8 Å². The van der Waals surface area contributed by atoms with Gasteiger partial charge in [-0.3, -0.25) is 4.79 Å². The van der Waals surface area contributed by atoms with Gasteiger partial charge in [-0.2, -0.15) is 0 Å². The van der Waals surface area contributed by atoms with Crippen LogP contribution in [0, 0.1) is 0 Å². The first-order valence-electron chi connectivity index (χ1n) is 10.3. The largest absolute Gasteiger partial charge is 0.486 e. The molecule has 2 aromatic heterocycles. The van der Waals surface area contributed by atoms with Crippen LogP contribution < -0.4 is 10.1 Å². The van der Waals surface area contributed by atoms with Crippen molar-refractivity contribution in [3.63, 3.8) is 0 Å². The molecule has 1 aliphatic carbocycles. The van der Waals surface area contributed by atoms with Crippen molar-refractivity contribution in [2.75, 3.05) is 13.1 Å². The third-order valence-corrected chi connectivity index (χ3v) is 6.47. The third kappa shape index (κ3) is 2.57. The summed E-state index contributed by atoms with van der Waals surface area (Å²) in [6.45, 7) is 1.81. The van der Waals surface area contributed by atoms with Crippen LogP contribution in [-0.2, 0) is 0 Å². The van der Waals surface area contributed by atoms with E-state index >= 15 is 0 Å². The van der Waals surface area contributed by atoms with Crippen molar-refractivity contribution in [2.45, 2.75) is 43.6 Å². The lowest BCUT2D eigenvalue weighted by atomic mass is 9.82. The van der Waals surface area contributed by atoms with Crippen molar-refractivity contribution in [2.24, 2.45) is 0 Å². The Morgan fingerprint density at radius 3 is 2.75 bits per heavy atom. The van der Waals surface area contributed by atoms with Gasteiger partial charge in [0.15, 0.2) is 5.78 Å². The molecule has 4 heterocycles. The summed E-state index contributed by atoms with van der Waals surface area (Å²) >= 11 is 0. The Bertz CT molecular complexity index is 1090. The Labute approximate surface area is 163 Å². The number of nitrogens with zero attached hydrogens (tertiary/aromatic N) is 1. The van der Waals surface area contributed by atoms with Gasteiger partial charge in [0.1, 0.15) is 17.0 Å². The maximum atomic E-state index is 12.8. The van der Waals surface area contributed by atoms with Crippen LogP contribution in [0.2, 0.25) is 0 Å². The molecule has 2 fully saturated rings. The second kappa shape index (κ2) is 5.92. The molecule has 1 saturated heterocycles. The fourth-order valence-electron chi connectivity index (χ4n) is 4.69. The molecule has 1 aromatic carbocycles. The van der Waals surface area contributed by atoms with E-state index in [1.807, 2.05) is 24.4 Å². The van der Waals surface area contributed by atoms with Crippen LogP contribution in [0.5, 0.6) is 5.75 Å². The minimum absolute atomic E-state index is 0.198. The number of hydrogen-bond donors (Lipinski definition) is 2. The van der Waals surface area contributed by atoms with Gasteiger partial charge in [-0.05, 0) is 55.8 Å². The van der Waals surface area contributed by atoms with Gasteiger partial charge in [-0.25, -0.2) is 4.98 Å². The molecule has 0 atom stereocenters. The number of fused-ring (bicyclic) bond motifs is 2. The Morgan fingerprint density at radius 1 is 1.07 bits per heavy atom. The summed E-state index contributed by atoms with van der Waals surface area (Å²) in [4.78, 5) is 20.9. The van der Waals surface area contributed by atoms with Gasteiger partial charge in [0.05, 0.1) is 12.0 Å². The maximum Gasteiger partial charge on any atom is 0.170 e. The molecule has 5 heteroatoms. The average molecular weight is 373 g/mol. The van der Waals surface area contributed by atoms with Gasteiger partial charge in [-0.1, -0.05) is 6.07 Å². The average Bonchev–Trinajstić information content (AvgIpc) is 3.47. The number of nitrogens with one attached hydrogen (secondary N) is 2. The molecule has 0 bridgehead atoms. The summed E-state index contributed by atoms with van der Waals surface area (Å²) in [5, 5.41) is 4.48. The summed E-state index contributed by atoms with van der Waals surface area (Å²) in [6, 6.07) is 10.3. The molecule has 5 nitrogen and oxygen atoms in total. The number of ketones is 1. The molecule has 0 radical (unpaired) electrons. The first-order valence-corrected chi connectivity index (χ1v) is 10.3. The number of benzene rings is 1. The van der Waals surface area contributed by atoms with Crippen molar-refractivity contribution in [3.8, 4) is 16.9 Å². The van der Waals surface area contributed by atoms with E-state index in [1.54, 1.807) is 0 Å². The summed E-state index contributed by atoms with van der Waals surface area (Å²) in [5.74, 6) is 1.57. The Balaban J connectivity index is 1.40. The van der Waals surface area contributed by atoms with Crippen LogP contribution in [0.25, 0.3) is 22.2 Å². The molecular formula is C23H23N3O2. The summed E-state index contributed by atoms with van der Waals surface area (Å²) in [5.41, 5.74) is 4.66. The predicted octanol–water partition coefficient (Wildman–Crippen LogP) is 4.19. The number of ether oxygens (including phenoxy) is 1. The first-order chi connectivity index (χ1) is 13.7. The van der Waals surface area contributed by atoms with E-state index in [4.69, 9.17) is 9.72 Å². The topological polar surface area (TPSA) is 67.0 Å². The standard InChI is InChI=1S/C23H23N3O2/c27-20-12-23(7-9-24-10-8-23)28-21-11-15(3-4-17(20)21)18-13-25-22-16(18)5-6-19(26-22)14-1-2-14/h3-6,11,13-14,24H,1-2,7-10,12H2,(H,25,26). The highest BCUT2D eigenvalue weighted by Gasteiger charge is 2.41. The Morgan fingerprint density at radius 2 is 1.93 bits per heavy atom. The lowest BCUT2D eigenvalue weighted by Gasteiger charge is -2.41. The van der Waals surface area contributed by atoms with Crippen LogP contribution in [0.15, 0.2) is 36.5 Å². The number of Topliss-reactive ketones (excluding diaryl/α,β-unsaturated/α-hetero) is 1. The number of carbonyl (C=O) groups excluding carboxylic acids is 1. The molecule has 3 aromatic rings. The van der Waals surface area contributed by atoms with E-state index in [2.05, 4.69) is 22.4 Å². The Hall–Kier alpha value is -2.66. The van der Waals surface area contributed by atoms with Crippen molar-refractivity contribution in [1.82, 2.24) is 15.3 Å². The van der Waals surface area contributed by atoms with Gasteiger partial charge < -0.3 is 15.0 Å². The fraction of sp³-hybridized carbons (Fsp3) is 0.391. The zero-order chi connectivity index (χ0) is 18.7. The molecule has 0 amide bonds. The minimum atomic E-state index is -0.338. The summed E-state index contributed by atoms with van der Waals surface area (Å²) in [6.07, 6.45) is 6.76. The summed E-state index contributed by atoms with van der Waals surface area (Å²) < 4.78 is 6.45. The molecule has 142 valence electrons. The highest BCUT2D eigenvalue weighted by atomic mass is 16.5. The highest BCUT2D eigenvalue weighted by Crippen LogP contribution is 2.42. The van der Waals surface area contributed by atoms with Gasteiger partial charge >= 0.3 is 0 Å². The van der Waals surface area contributed by atoms with E-state index in [9.17, 15) is 4.79 Å². The molecule has 6 rings (SSSR count). The smallest absolute Gasteiger partial charge is 0.170 e. The molecule has 1 spiro atoms. The van der Waals surface area contributed by atoms with E-state index in [1.165, 1.54) is 18.5 Å². The van der Waals surface area contributed by atoms with Gasteiger partial charge in [0, 0.05) is 41.6 Å². The molecule has 2 N–H and O–H groups in total. The number of aromatic nitrogens is 2. The van der Waals surface area contributed by atoms with E-state index < -0.39 is 0 Å². The van der Waals surface area contributed by atoms with Crippen LogP contribution >= 0.6 is 0 Å². The SMILES string of the molecule is O=C1CC2(CCNCC2)Oc2cc(-c3c[nH]c4nc(C5CC5)ccc34)ccc21. The number of pyridine rings is 1. The second-order valence-electron chi connectivity index (χ2n) is 8.45. The van der Waals surface area contributed by atoms with Crippen LogP contribution in [-0.4, -0.2) is 34.4 Å². The predicted molar refractivity (Wildman–Crippen MR) is 108 cm³/mol. The number of H-pyrrole nitrogens is 1. The quantitative estimate of drug-likeness (QED) is 0.707. The van der Waals surface area contributed by atoms with Crippen LogP contribution in [0.1, 0.15) is 54.1 Å². The molecule has 1 saturated carbocycles. The van der Waals surface area contributed by atoms with Crippen molar-refractivity contribution in [1.29, 1.82) is 0 Å². The number of carbonyl (C=O) groups is 1. The highest BCUT2D eigenvalue weighted by molar-refractivity contribution is 6.02. The monoisotopic (exact) mass is 373 g/mol. The van der Waals surface area contributed by atoms with E-state index in [0.29, 0.717) is 17.9 Å². The van der Waals surface area contributed by atoms with Crippen LogP contribution in [0.4, 0.5) is 0 Å². The van der Waals surface area contributed by atoms with Crippen molar-refractivity contribution < 1.29 is 9.53 Å². The van der Waals surface area contributed by atoms with Crippen molar-refractivity contribution in [3.05, 3.63) is 47.8 Å². The number of piperidine rings is 1. The lowest BCUT2D eigenvalue weighted by Crippen LogP contribution is -2.49. The molecule has 3 aliphatic rings. The zero-order valence-corrected chi connectivity index (χ0v) is 15.8. The fourth-order valence-corrected chi connectivity index (χ4v) is 4.69. The number of rotatable bonds is 2. The molecule has 0 unspecified atom stereocenters. The van der Waals surface area contributed by atoms with Gasteiger partial charge in [0.25, 0.3) is 0 Å². The molecular weight excluding hydrogens is 350 g/mol. The lowest BCUT2D eigenvalue weighted by molar-refractivity contribution is 0.0188. The van der Waals surface area contributed by atoms with Crippen LogP contribution in [0.3, 0.4) is 0 Å². The zero-order valence-electron chi connectivity index (χ0n) is 15.8. The third-order valence-electron chi connectivity index (χ3n) is 6.47. The Kier molecular flexibility index (Phi) is 3.45. The number of hydrogen-bond acceptors (Lipinski definition) is 4. The van der Waals surface area contributed by atoms with E-state index in [-0.39, 0.29) is 11.4 Å². The second-order valence-corrected chi connectivity index (χ2v) is 8.45. The minimum Gasteiger partial charge on any atom is -0.486 e. The van der Waals surface area contributed by atoms with Gasteiger partial charge in [-0.15, -0.1) is 0 Å². The molecule has 28 heavy (non-hydrogen) atoms. The maximum absolute atomic E-state index is 12.8.